The van der Waals surface area contributed by atoms with Crippen LogP contribution in [0, 0.1) is 11.3 Å². The van der Waals surface area contributed by atoms with E-state index in [0.29, 0.717) is 12.8 Å². The lowest BCUT2D eigenvalue weighted by Gasteiger charge is -2.35. The summed E-state index contributed by atoms with van der Waals surface area (Å²) >= 11 is 0. The molecule has 1 rings (SSSR count). The van der Waals surface area contributed by atoms with Crippen molar-refractivity contribution < 1.29 is 24.5 Å². The third-order valence-corrected chi connectivity index (χ3v) is 4.00. The second-order valence-electron chi connectivity index (χ2n) is 6.31. The molecule has 0 aromatic rings. The van der Waals surface area contributed by atoms with Crippen molar-refractivity contribution in [3.8, 4) is 0 Å². The topological polar surface area (TPSA) is 83.8 Å². The summed E-state index contributed by atoms with van der Waals surface area (Å²) in [5, 5.41) is 20.2. The van der Waals surface area contributed by atoms with Crippen LogP contribution in [-0.2, 0) is 14.3 Å². The molecule has 1 atom stereocenters. The Balaban J connectivity index is 3.08. The van der Waals surface area contributed by atoms with Gasteiger partial charge < -0.3 is 14.9 Å². The van der Waals surface area contributed by atoms with E-state index in [0.717, 1.165) is 12.8 Å². The summed E-state index contributed by atoms with van der Waals surface area (Å²) in [6, 6.07) is 0. The minimum absolute atomic E-state index is 0.0282. The van der Waals surface area contributed by atoms with Gasteiger partial charge in [0.1, 0.15) is 0 Å². The van der Waals surface area contributed by atoms with Gasteiger partial charge in [-0.1, -0.05) is 26.7 Å². The molecule has 1 unspecified atom stereocenters. The van der Waals surface area contributed by atoms with Crippen LogP contribution in [0.25, 0.3) is 0 Å². The van der Waals surface area contributed by atoms with E-state index in [1.807, 2.05) is 13.8 Å². The van der Waals surface area contributed by atoms with Crippen molar-refractivity contribution in [1.29, 1.82) is 0 Å². The largest absolute Gasteiger partial charge is 0.480 e. The van der Waals surface area contributed by atoms with E-state index in [4.69, 9.17) is 4.74 Å². The molecule has 5 heteroatoms. The average molecular weight is 286 g/mol. The van der Waals surface area contributed by atoms with Crippen molar-refractivity contribution in [1.82, 2.24) is 0 Å². The number of hydrogen-bond acceptors (Lipinski definition) is 4. The maximum absolute atomic E-state index is 12.3. The molecule has 0 aliphatic heterocycles. The number of carbonyl (C=O) groups is 2. The van der Waals surface area contributed by atoms with Crippen molar-refractivity contribution >= 4 is 11.9 Å². The monoisotopic (exact) mass is 286 g/mol. The molecule has 116 valence electrons. The molecule has 0 heterocycles. The summed E-state index contributed by atoms with van der Waals surface area (Å²) in [6.07, 6.45) is 2.99. The zero-order chi connectivity index (χ0) is 15.4. The third kappa shape index (κ3) is 3.72. The number of rotatable bonds is 7. The molecule has 0 amide bonds. The number of esters is 1. The molecule has 1 fully saturated rings. The molecule has 0 saturated heterocycles. The highest BCUT2D eigenvalue weighted by atomic mass is 16.5. The molecule has 0 spiro atoms. The molecule has 5 nitrogen and oxygen atoms in total. The molecule has 1 saturated carbocycles. The number of aliphatic hydroxyl groups is 1. The Morgan fingerprint density at radius 2 is 1.85 bits per heavy atom. The fraction of sp³-hybridized carbons (Fsp3) is 0.867. The van der Waals surface area contributed by atoms with Crippen LogP contribution in [0.5, 0.6) is 0 Å². The molecule has 0 radical (unpaired) electrons. The number of aliphatic carboxylic acids is 1. The van der Waals surface area contributed by atoms with E-state index in [1.165, 1.54) is 0 Å². The molecule has 0 aromatic carbocycles. The van der Waals surface area contributed by atoms with Gasteiger partial charge in [-0.05, 0) is 32.1 Å². The fourth-order valence-electron chi connectivity index (χ4n) is 3.22. The summed E-state index contributed by atoms with van der Waals surface area (Å²) in [7, 11) is 0. The van der Waals surface area contributed by atoms with Crippen LogP contribution in [-0.4, -0.2) is 34.4 Å². The molecule has 2 N–H and O–H groups in total. The number of hydrogen-bond donors (Lipinski definition) is 2. The first-order chi connectivity index (χ1) is 9.26. The standard InChI is InChI=1S/C15H26O5/c1-4-20-13(18)15(12(16)17,9-11(2)3)10-14(19)7-5-6-8-14/h11,19H,4-10H2,1-3H3,(H,16,17). The zero-order valence-corrected chi connectivity index (χ0v) is 12.6. The summed E-state index contributed by atoms with van der Waals surface area (Å²) < 4.78 is 4.99. The molecular formula is C15H26O5. The molecule has 0 aromatic heterocycles. The van der Waals surface area contributed by atoms with E-state index >= 15 is 0 Å². The van der Waals surface area contributed by atoms with Gasteiger partial charge in [0, 0.05) is 6.42 Å². The van der Waals surface area contributed by atoms with Crippen LogP contribution < -0.4 is 0 Å². The van der Waals surface area contributed by atoms with E-state index < -0.39 is 23.0 Å². The van der Waals surface area contributed by atoms with E-state index in [1.54, 1.807) is 6.92 Å². The van der Waals surface area contributed by atoms with Crippen molar-refractivity contribution in [2.45, 2.75) is 64.9 Å². The fourth-order valence-corrected chi connectivity index (χ4v) is 3.22. The highest BCUT2D eigenvalue weighted by molar-refractivity contribution is 5.99. The average Bonchev–Trinajstić information content (AvgIpc) is 2.74. The number of carboxylic acids is 1. The lowest BCUT2D eigenvalue weighted by molar-refractivity contribution is -0.175. The smallest absolute Gasteiger partial charge is 0.323 e. The molecular weight excluding hydrogens is 260 g/mol. The number of ether oxygens (including phenoxy) is 1. The Labute approximate surface area is 120 Å². The first-order valence-corrected chi connectivity index (χ1v) is 7.39. The minimum atomic E-state index is -1.64. The SMILES string of the molecule is CCOC(=O)C(CC(C)C)(CC1(O)CCCC1)C(=O)O. The summed E-state index contributed by atoms with van der Waals surface area (Å²) in [6.45, 7) is 5.54. The van der Waals surface area contributed by atoms with Crippen LogP contribution >= 0.6 is 0 Å². The lowest BCUT2D eigenvalue weighted by Crippen LogP contribution is -2.47. The van der Waals surface area contributed by atoms with Crippen molar-refractivity contribution in [3.05, 3.63) is 0 Å². The van der Waals surface area contributed by atoms with Crippen molar-refractivity contribution in [2.75, 3.05) is 6.61 Å². The van der Waals surface area contributed by atoms with Gasteiger partial charge in [-0.15, -0.1) is 0 Å². The van der Waals surface area contributed by atoms with Gasteiger partial charge in [-0.25, -0.2) is 0 Å². The maximum atomic E-state index is 12.3. The van der Waals surface area contributed by atoms with Gasteiger partial charge in [0.2, 0.25) is 0 Å². The van der Waals surface area contributed by atoms with Gasteiger partial charge in [-0.2, -0.15) is 0 Å². The second kappa shape index (κ2) is 6.57. The maximum Gasteiger partial charge on any atom is 0.323 e. The first kappa shape index (κ1) is 17.0. The number of carbonyl (C=O) groups excluding carboxylic acids is 1. The van der Waals surface area contributed by atoms with Crippen molar-refractivity contribution in [3.63, 3.8) is 0 Å². The molecule has 1 aliphatic carbocycles. The highest BCUT2D eigenvalue weighted by Gasteiger charge is 2.53. The highest BCUT2D eigenvalue weighted by Crippen LogP contribution is 2.43. The van der Waals surface area contributed by atoms with Gasteiger partial charge in [-0.3, -0.25) is 9.59 Å². The van der Waals surface area contributed by atoms with Crippen LogP contribution in [0.2, 0.25) is 0 Å². The Kier molecular flexibility index (Phi) is 5.57. The Bertz CT molecular complexity index is 357. The predicted octanol–water partition coefficient (Wildman–Crippen LogP) is 2.36. The lowest BCUT2D eigenvalue weighted by atomic mass is 9.71. The van der Waals surface area contributed by atoms with Gasteiger partial charge >= 0.3 is 11.9 Å². The Morgan fingerprint density at radius 1 is 1.30 bits per heavy atom. The molecule has 0 bridgehead atoms. The van der Waals surface area contributed by atoms with Crippen LogP contribution in [0.3, 0.4) is 0 Å². The van der Waals surface area contributed by atoms with Gasteiger partial charge in [0.05, 0.1) is 12.2 Å². The molecule has 20 heavy (non-hydrogen) atoms. The summed E-state index contributed by atoms with van der Waals surface area (Å²) in [4.78, 5) is 24.0. The minimum Gasteiger partial charge on any atom is -0.480 e. The summed E-state index contributed by atoms with van der Waals surface area (Å²) in [5.74, 6) is -1.88. The van der Waals surface area contributed by atoms with Gasteiger partial charge in [0.25, 0.3) is 0 Å². The van der Waals surface area contributed by atoms with E-state index in [-0.39, 0.29) is 25.4 Å². The summed E-state index contributed by atoms with van der Waals surface area (Å²) in [5.41, 5.74) is -2.69. The van der Waals surface area contributed by atoms with Crippen LogP contribution in [0.1, 0.15) is 59.3 Å². The molecule has 1 aliphatic rings. The van der Waals surface area contributed by atoms with Crippen LogP contribution in [0.15, 0.2) is 0 Å². The zero-order valence-electron chi connectivity index (χ0n) is 12.6. The van der Waals surface area contributed by atoms with E-state index in [9.17, 15) is 19.8 Å². The van der Waals surface area contributed by atoms with Crippen LogP contribution in [0.4, 0.5) is 0 Å². The predicted molar refractivity (Wildman–Crippen MR) is 74.2 cm³/mol. The normalized spacial score (nSPS) is 20.6. The third-order valence-electron chi connectivity index (χ3n) is 4.00. The second-order valence-corrected chi connectivity index (χ2v) is 6.31. The quantitative estimate of drug-likeness (QED) is 0.554. The van der Waals surface area contributed by atoms with Crippen molar-refractivity contribution in [2.24, 2.45) is 11.3 Å². The Hall–Kier alpha value is -1.10. The Morgan fingerprint density at radius 3 is 2.25 bits per heavy atom. The number of carboxylic acid groups (broad SMARTS) is 1. The van der Waals surface area contributed by atoms with E-state index in [2.05, 4.69) is 0 Å². The first-order valence-electron chi connectivity index (χ1n) is 7.39. The van der Waals surface area contributed by atoms with Gasteiger partial charge in [0.15, 0.2) is 5.41 Å².